The number of allylic oxidation sites excluding steroid dienone is 4. The van der Waals surface area contributed by atoms with Gasteiger partial charge >= 0.3 is 21.7 Å². The van der Waals surface area contributed by atoms with Gasteiger partial charge in [-0.2, -0.15) is 22.9 Å². The van der Waals surface area contributed by atoms with Crippen LogP contribution >= 0.6 is 0 Å². The SMILES string of the molecule is C1=CCC(CC2CCCCC2)([SiH2][c-]2ccc(Cc3ccccc3)c2)C=C1.[Cl-].[Cl-].[Cl-].[Ti+4]. The Kier molecular flexibility index (Phi) is 14.8. The van der Waals surface area contributed by atoms with E-state index in [1.165, 1.54) is 56.1 Å². The molecule has 160 valence electrons. The molecule has 0 bridgehead atoms. The Balaban J connectivity index is 0.00000210. The summed E-state index contributed by atoms with van der Waals surface area (Å²) in [6, 6.07) is 18.2. The first-order valence-electron chi connectivity index (χ1n) is 10.4. The second-order valence-electron chi connectivity index (χ2n) is 8.53. The molecule has 2 aliphatic rings. The Morgan fingerprint density at radius 2 is 1.63 bits per heavy atom. The van der Waals surface area contributed by atoms with E-state index in [1.54, 1.807) is 5.19 Å². The van der Waals surface area contributed by atoms with Crippen LogP contribution in [0.2, 0.25) is 5.04 Å². The van der Waals surface area contributed by atoms with Gasteiger partial charge in [-0.3, -0.25) is 0 Å². The summed E-state index contributed by atoms with van der Waals surface area (Å²) < 4.78 is 0. The molecule has 1 atom stereocenters. The van der Waals surface area contributed by atoms with Crippen molar-refractivity contribution >= 4 is 14.7 Å². The molecule has 2 aromatic rings. The fourth-order valence-corrected chi connectivity index (χ4v) is 7.57. The Hall–Kier alpha value is -0.149. The maximum atomic E-state index is 2.58. The molecule has 2 aliphatic carbocycles. The zero-order chi connectivity index (χ0) is 17.7. The first-order valence-corrected chi connectivity index (χ1v) is 11.9. The molecule has 0 N–H and O–H groups in total. The molecule has 0 aromatic heterocycles. The predicted molar refractivity (Wildman–Crippen MR) is 116 cm³/mol. The summed E-state index contributed by atoms with van der Waals surface area (Å²) in [6.45, 7) is 0. The third-order valence-electron chi connectivity index (χ3n) is 6.33. The number of hydrogen-bond acceptors (Lipinski definition) is 0. The van der Waals surface area contributed by atoms with E-state index in [4.69, 9.17) is 0 Å². The van der Waals surface area contributed by atoms with Crippen LogP contribution < -0.4 is 42.4 Å². The average Bonchev–Trinajstić information content (AvgIpc) is 3.10. The fraction of sp³-hybridized carbons (Fsp3) is 0.400. The van der Waals surface area contributed by atoms with Gasteiger partial charge in [-0.05, 0) is 23.8 Å². The van der Waals surface area contributed by atoms with Crippen molar-refractivity contribution in [2.45, 2.75) is 56.4 Å². The van der Waals surface area contributed by atoms with Gasteiger partial charge in [-0.25, -0.2) is 6.07 Å². The molecular weight excluding hydrogens is 483 g/mol. The van der Waals surface area contributed by atoms with E-state index in [1.807, 2.05) is 0 Å². The molecule has 0 amide bonds. The van der Waals surface area contributed by atoms with Crippen LogP contribution in [0.25, 0.3) is 0 Å². The van der Waals surface area contributed by atoms with Crippen molar-refractivity contribution in [3.63, 3.8) is 0 Å². The minimum Gasteiger partial charge on any atom is -1.00 e. The van der Waals surface area contributed by atoms with Crippen LogP contribution in [0.1, 0.15) is 56.1 Å². The topological polar surface area (TPSA) is 0 Å². The van der Waals surface area contributed by atoms with Crippen molar-refractivity contribution in [1.82, 2.24) is 0 Å². The Morgan fingerprint density at radius 1 is 0.900 bits per heavy atom. The van der Waals surface area contributed by atoms with Crippen molar-refractivity contribution in [2.24, 2.45) is 5.92 Å². The molecular formula is C25H31Cl3SiTi. The van der Waals surface area contributed by atoms with E-state index in [-0.39, 0.29) is 68.5 Å². The number of benzene rings is 1. The average molecular weight is 514 g/mol. The molecule has 1 saturated carbocycles. The van der Waals surface area contributed by atoms with Crippen molar-refractivity contribution in [2.75, 3.05) is 0 Å². The summed E-state index contributed by atoms with van der Waals surface area (Å²) in [5.41, 5.74) is 2.91. The predicted octanol–water partition coefficient (Wildman–Crippen LogP) is -3.55. The molecule has 0 saturated heterocycles. The molecule has 30 heavy (non-hydrogen) atoms. The van der Waals surface area contributed by atoms with Gasteiger partial charge in [0.15, 0.2) is 0 Å². The van der Waals surface area contributed by atoms with Crippen molar-refractivity contribution in [3.05, 3.63) is 84.0 Å². The van der Waals surface area contributed by atoms with Gasteiger partial charge in [0.05, 0.1) is 0 Å². The molecule has 1 unspecified atom stereocenters. The summed E-state index contributed by atoms with van der Waals surface area (Å²) >= 11 is 0. The van der Waals surface area contributed by atoms with Gasteiger partial charge in [-0.15, -0.1) is 0 Å². The van der Waals surface area contributed by atoms with E-state index in [9.17, 15) is 0 Å². The van der Waals surface area contributed by atoms with Gasteiger partial charge < -0.3 is 37.2 Å². The van der Waals surface area contributed by atoms with Gasteiger partial charge in [-0.1, -0.05) is 98.7 Å². The summed E-state index contributed by atoms with van der Waals surface area (Å²) in [6.07, 6.45) is 20.7. The maximum Gasteiger partial charge on any atom is 4.00 e. The zero-order valence-corrected chi connectivity index (χ0v) is 22.7. The number of rotatable bonds is 6. The normalized spacial score (nSPS) is 20.7. The summed E-state index contributed by atoms with van der Waals surface area (Å²) in [5.74, 6) is 0.964. The molecule has 1 fully saturated rings. The van der Waals surface area contributed by atoms with Crippen molar-refractivity contribution < 1.29 is 58.9 Å². The minimum atomic E-state index is -0.315. The van der Waals surface area contributed by atoms with E-state index >= 15 is 0 Å². The first-order chi connectivity index (χ1) is 12.8. The summed E-state index contributed by atoms with van der Waals surface area (Å²) in [4.78, 5) is 0. The Morgan fingerprint density at radius 3 is 2.30 bits per heavy atom. The molecule has 0 nitrogen and oxygen atoms in total. The first kappa shape index (κ1) is 29.9. The molecule has 0 spiro atoms. The van der Waals surface area contributed by atoms with E-state index in [0.29, 0.717) is 5.04 Å². The minimum absolute atomic E-state index is 0. The van der Waals surface area contributed by atoms with E-state index in [0.717, 1.165) is 12.3 Å². The summed E-state index contributed by atoms with van der Waals surface area (Å²) in [7, 11) is -0.315. The van der Waals surface area contributed by atoms with Gasteiger partial charge in [0.25, 0.3) is 0 Å². The quantitative estimate of drug-likeness (QED) is 0.277. The zero-order valence-electron chi connectivity index (χ0n) is 17.5. The molecule has 0 aliphatic heterocycles. The van der Waals surface area contributed by atoms with Crippen molar-refractivity contribution in [3.8, 4) is 0 Å². The third-order valence-corrected chi connectivity index (χ3v) is 8.70. The van der Waals surface area contributed by atoms with Crippen LogP contribution in [-0.2, 0) is 28.1 Å². The van der Waals surface area contributed by atoms with E-state index in [2.05, 4.69) is 72.8 Å². The molecule has 0 radical (unpaired) electrons. The standard InChI is InChI=1S/C25H31Si.3ClH.Ti/c1-4-10-21(11-5-1)18-23-14-15-24(19-23)26-25(16-8-3-9-17-25)20-22-12-6-2-7-13-22;;;;/h1,3-5,8-11,14-16,19,22H,2,6-7,12-13,17-18,20,26H2;3*1H;/q-1;;;;+4/p-3. The number of halogens is 3. The van der Waals surface area contributed by atoms with Crippen molar-refractivity contribution in [1.29, 1.82) is 0 Å². The second-order valence-corrected chi connectivity index (χ2v) is 11.1. The molecule has 0 heterocycles. The van der Waals surface area contributed by atoms with Crippen LogP contribution in [0.4, 0.5) is 0 Å². The van der Waals surface area contributed by atoms with Crippen LogP contribution in [0.5, 0.6) is 0 Å². The van der Waals surface area contributed by atoms with Gasteiger partial charge in [0.1, 0.15) is 0 Å². The van der Waals surface area contributed by atoms with Crippen LogP contribution in [0, 0.1) is 5.92 Å². The monoisotopic (exact) mass is 512 g/mol. The number of hydrogen-bond donors (Lipinski definition) is 0. The molecule has 2 aromatic carbocycles. The smallest absolute Gasteiger partial charge is 1.00 e. The van der Waals surface area contributed by atoms with E-state index < -0.39 is 0 Å². The summed E-state index contributed by atoms with van der Waals surface area (Å²) in [5, 5.41) is 2.14. The maximum absolute atomic E-state index is 2.58. The second kappa shape index (κ2) is 14.8. The largest absolute Gasteiger partial charge is 4.00 e. The van der Waals surface area contributed by atoms with Gasteiger partial charge in [0.2, 0.25) is 0 Å². The molecule has 4 rings (SSSR count). The third kappa shape index (κ3) is 8.41. The Bertz CT molecular complexity index is 766. The molecule has 5 heteroatoms. The van der Waals surface area contributed by atoms with Crippen LogP contribution in [0.15, 0.2) is 72.8 Å². The van der Waals surface area contributed by atoms with Gasteiger partial charge in [0, 0.05) is 9.52 Å². The van der Waals surface area contributed by atoms with Crippen LogP contribution in [0.3, 0.4) is 0 Å². The fourth-order valence-electron chi connectivity index (χ4n) is 5.04. The Labute approximate surface area is 218 Å². The van der Waals surface area contributed by atoms with Crippen LogP contribution in [-0.4, -0.2) is 9.52 Å².